The molecule has 0 aliphatic heterocycles. The molecule has 112 valence electrons. The lowest BCUT2D eigenvalue weighted by Crippen LogP contribution is -2.28. The number of pyridine rings is 1. The Morgan fingerprint density at radius 3 is 2.75 bits per heavy atom. The van der Waals surface area contributed by atoms with Crippen LogP contribution < -0.4 is 10.6 Å². The minimum atomic E-state index is -0.228. The Labute approximate surface area is 125 Å². The highest BCUT2D eigenvalue weighted by Gasteiger charge is 2.12. The number of nitrogens with zero attached hydrogens (tertiary/aromatic N) is 2. The van der Waals surface area contributed by atoms with Crippen molar-refractivity contribution in [3.05, 3.63) is 22.8 Å². The van der Waals surface area contributed by atoms with Crippen LogP contribution in [0.15, 0.2) is 12.1 Å². The van der Waals surface area contributed by atoms with Crippen LogP contribution >= 0.6 is 11.6 Å². The number of hydrogen-bond acceptors (Lipinski definition) is 4. The van der Waals surface area contributed by atoms with Gasteiger partial charge in [0.05, 0.1) is 5.02 Å². The monoisotopic (exact) mass is 298 g/mol. The molecule has 0 atom stereocenters. The van der Waals surface area contributed by atoms with Crippen molar-refractivity contribution in [1.82, 2.24) is 15.2 Å². The zero-order valence-corrected chi connectivity index (χ0v) is 13.1. The Morgan fingerprint density at radius 1 is 1.35 bits per heavy atom. The van der Waals surface area contributed by atoms with Gasteiger partial charge in [-0.1, -0.05) is 18.5 Å². The summed E-state index contributed by atoms with van der Waals surface area (Å²) in [5, 5.41) is 6.35. The van der Waals surface area contributed by atoms with Gasteiger partial charge >= 0.3 is 0 Å². The van der Waals surface area contributed by atoms with E-state index in [1.54, 1.807) is 12.1 Å². The van der Waals surface area contributed by atoms with Gasteiger partial charge in [-0.15, -0.1) is 0 Å². The molecule has 1 rings (SSSR count). The van der Waals surface area contributed by atoms with E-state index >= 15 is 0 Å². The van der Waals surface area contributed by atoms with Crippen molar-refractivity contribution in [2.45, 2.75) is 19.8 Å². The summed E-state index contributed by atoms with van der Waals surface area (Å²) in [5.41, 5.74) is 0.276. The minimum Gasteiger partial charge on any atom is -0.370 e. The predicted molar refractivity (Wildman–Crippen MR) is 83.5 cm³/mol. The van der Waals surface area contributed by atoms with Crippen LogP contribution in [0.1, 0.15) is 30.3 Å². The van der Waals surface area contributed by atoms with Gasteiger partial charge in [0.25, 0.3) is 5.91 Å². The second-order valence-corrected chi connectivity index (χ2v) is 5.27. The third-order valence-corrected chi connectivity index (χ3v) is 2.99. The fourth-order valence-corrected chi connectivity index (χ4v) is 1.82. The van der Waals surface area contributed by atoms with E-state index in [-0.39, 0.29) is 11.6 Å². The number of hydrogen-bond donors (Lipinski definition) is 2. The molecule has 1 aromatic heterocycles. The third-order valence-electron chi connectivity index (χ3n) is 2.68. The second kappa shape index (κ2) is 8.76. The molecule has 5 nitrogen and oxygen atoms in total. The number of anilines is 1. The molecule has 1 aromatic rings. The van der Waals surface area contributed by atoms with Gasteiger partial charge < -0.3 is 15.5 Å². The lowest BCUT2D eigenvalue weighted by molar-refractivity contribution is 0.0947. The molecule has 20 heavy (non-hydrogen) atoms. The van der Waals surface area contributed by atoms with Crippen LogP contribution in [0.25, 0.3) is 0 Å². The Hall–Kier alpha value is -1.33. The van der Waals surface area contributed by atoms with Crippen LogP contribution in [-0.2, 0) is 0 Å². The number of amides is 1. The van der Waals surface area contributed by atoms with Crippen molar-refractivity contribution in [2.75, 3.05) is 39.0 Å². The summed E-state index contributed by atoms with van der Waals surface area (Å²) in [5.74, 6) is 0.448. The second-order valence-electron chi connectivity index (χ2n) is 4.87. The maximum atomic E-state index is 12.0. The Kier molecular flexibility index (Phi) is 7.33. The molecule has 0 spiro atoms. The van der Waals surface area contributed by atoms with Gasteiger partial charge in [-0.05, 0) is 45.6 Å². The number of nitrogens with one attached hydrogen (secondary N) is 2. The average molecular weight is 299 g/mol. The first-order valence-corrected chi connectivity index (χ1v) is 7.25. The molecule has 0 fully saturated rings. The molecule has 0 aromatic carbocycles. The molecule has 6 heteroatoms. The van der Waals surface area contributed by atoms with Gasteiger partial charge in [-0.3, -0.25) is 4.79 Å². The fraction of sp³-hybridized carbons (Fsp3) is 0.571. The largest absolute Gasteiger partial charge is 0.370 e. The van der Waals surface area contributed by atoms with Gasteiger partial charge in [0, 0.05) is 13.1 Å². The summed E-state index contributed by atoms with van der Waals surface area (Å²) in [6.45, 7) is 4.43. The Morgan fingerprint density at radius 2 is 2.10 bits per heavy atom. The minimum absolute atomic E-state index is 0.228. The van der Waals surface area contributed by atoms with Crippen molar-refractivity contribution in [3.8, 4) is 0 Å². The highest BCUT2D eigenvalue weighted by atomic mass is 35.5. The third kappa shape index (κ3) is 5.75. The maximum absolute atomic E-state index is 12.0. The number of carbonyl (C=O) groups is 1. The maximum Gasteiger partial charge on any atom is 0.271 e. The lowest BCUT2D eigenvalue weighted by Gasteiger charge is -2.11. The standard InChI is InChI=1S/C14H23ClN4O/c1-4-8-16-12-7-6-11(15)13(18-12)14(20)17-9-5-10-19(2)3/h6-7H,4-5,8-10H2,1-3H3,(H,16,18)(H,17,20). The van der Waals surface area contributed by atoms with Crippen LogP contribution in [0.3, 0.4) is 0 Å². The lowest BCUT2D eigenvalue weighted by atomic mass is 10.3. The number of halogens is 1. The van der Waals surface area contributed by atoms with Crippen molar-refractivity contribution in [2.24, 2.45) is 0 Å². The number of rotatable bonds is 8. The fourth-order valence-electron chi connectivity index (χ4n) is 1.63. The first-order valence-electron chi connectivity index (χ1n) is 6.88. The van der Waals surface area contributed by atoms with Crippen molar-refractivity contribution >= 4 is 23.3 Å². The van der Waals surface area contributed by atoms with Crippen LogP contribution in [-0.4, -0.2) is 49.5 Å². The molecule has 0 radical (unpaired) electrons. The zero-order chi connectivity index (χ0) is 15.0. The zero-order valence-electron chi connectivity index (χ0n) is 12.4. The summed E-state index contributed by atoms with van der Waals surface area (Å²) in [7, 11) is 4.01. The molecule has 0 aliphatic carbocycles. The smallest absolute Gasteiger partial charge is 0.271 e. The van der Waals surface area contributed by atoms with E-state index in [4.69, 9.17) is 11.6 Å². The molecule has 0 saturated carbocycles. The van der Waals surface area contributed by atoms with Crippen LogP contribution in [0.5, 0.6) is 0 Å². The SMILES string of the molecule is CCCNc1ccc(Cl)c(C(=O)NCCCN(C)C)n1. The van der Waals surface area contributed by atoms with Crippen LogP contribution in [0, 0.1) is 0 Å². The molecule has 1 amide bonds. The molecule has 1 heterocycles. The highest BCUT2D eigenvalue weighted by molar-refractivity contribution is 6.33. The molecular weight excluding hydrogens is 276 g/mol. The van der Waals surface area contributed by atoms with Crippen LogP contribution in [0.2, 0.25) is 5.02 Å². The van der Waals surface area contributed by atoms with Gasteiger partial charge in [0.2, 0.25) is 0 Å². The summed E-state index contributed by atoms with van der Waals surface area (Å²) < 4.78 is 0. The molecule has 0 bridgehead atoms. The van der Waals surface area contributed by atoms with Gasteiger partial charge in [0.15, 0.2) is 0 Å². The first kappa shape index (κ1) is 16.7. The Balaban J connectivity index is 2.57. The predicted octanol–water partition coefficient (Wildman–Crippen LogP) is 2.24. The summed E-state index contributed by atoms with van der Waals surface area (Å²) in [6.07, 6.45) is 1.89. The number of carbonyl (C=O) groups excluding carboxylic acids is 1. The highest BCUT2D eigenvalue weighted by Crippen LogP contribution is 2.16. The summed E-state index contributed by atoms with van der Waals surface area (Å²) in [6, 6.07) is 3.47. The van der Waals surface area contributed by atoms with Crippen molar-refractivity contribution < 1.29 is 4.79 Å². The molecule has 0 unspecified atom stereocenters. The van der Waals surface area contributed by atoms with Gasteiger partial charge in [-0.25, -0.2) is 4.98 Å². The first-order chi connectivity index (χ1) is 9.54. The topological polar surface area (TPSA) is 57.3 Å². The van der Waals surface area contributed by atoms with E-state index < -0.39 is 0 Å². The van der Waals surface area contributed by atoms with Gasteiger partial charge in [-0.2, -0.15) is 0 Å². The summed E-state index contributed by atoms with van der Waals surface area (Å²) in [4.78, 5) is 18.4. The molecule has 0 saturated heterocycles. The molecule has 2 N–H and O–H groups in total. The van der Waals surface area contributed by atoms with E-state index in [0.717, 1.165) is 25.9 Å². The quantitative estimate of drug-likeness (QED) is 0.723. The Bertz CT molecular complexity index is 437. The van der Waals surface area contributed by atoms with E-state index in [1.807, 2.05) is 14.1 Å². The van der Waals surface area contributed by atoms with E-state index in [2.05, 4.69) is 27.4 Å². The van der Waals surface area contributed by atoms with Crippen LogP contribution in [0.4, 0.5) is 5.82 Å². The normalized spacial score (nSPS) is 10.7. The van der Waals surface area contributed by atoms with Crippen molar-refractivity contribution in [1.29, 1.82) is 0 Å². The summed E-state index contributed by atoms with van der Waals surface area (Å²) >= 11 is 6.03. The van der Waals surface area contributed by atoms with Crippen molar-refractivity contribution in [3.63, 3.8) is 0 Å². The molecule has 0 aliphatic rings. The average Bonchev–Trinajstić information content (AvgIpc) is 2.42. The molecular formula is C14H23ClN4O. The van der Waals surface area contributed by atoms with E-state index in [9.17, 15) is 4.79 Å². The van der Waals surface area contributed by atoms with Gasteiger partial charge in [0.1, 0.15) is 11.5 Å². The van der Waals surface area contributed by atoms with E-state index in [0.29, 0.717) is 17.4 Å². The number of aromatic nitrogens is 1. The van der Waals surface area contributed by atoms with E-state index in [1.165, 1.54) is 0 Å².